The zero-order valence-corrected chi connectivity index (χ0v) is 12.8. The molecule has 2 fully saturated rings. The lowest BCUT2D eigenvalue weighted by atomic mass is 9.84. The van der Waals surface area contributed by atoms with E-state index in [1.807, 2.05) is 11.8 Å². The van der Waals surface area contributed by atoms with Gasteiger partial charge in [0.15, 0.2) is 0 Å². The third kappa shape index (κ3) is 2.50. The number of urea groups is 1. The van der Waals surface area contributed by atoms with Crippen molar-refractivity contribution >= 4 is 12.0 Å². The van der Waals surface area contributed by atoms with Gasteiger partial charge in [0.25, 0.3) is 0 Å². The van der Waals surface area contributed by atoms with Crippen LogP contribution in [0.4, 0.5) is 4.79 Å². The van der Waals surface area contributed by atoms with Crippen LogP contribution in [0.15, 0.2) is 0 Å². The number of carbonyl (C=O) groups excluding carboxylic acids is 1. The number of hydrogen-bond donors (Lipinski definition) is 1. The summed E-state index contributed by atoms with van der Waals surface area (Å²) in [5.41, 5.74) is -0.738. The smallest absolute Gasteiger partial charge is 0.320 e. The maximum absolute atomic E-state index is 12.7. The van der Waals surface area contributed by atoms with Gasteiger partial charge in [-0.15, -0.1) is 0 Å². The van der Waals surface area contributed by atoms with E-state index >= 15 is 0 Å². The lowest BCUT2D eigenvalue weighted by Gasteiger charge is -2.41. The van der Waals surface area contributed by atoms with Gasteiger partial charge < -0.3 is 14.9 Å². The van der Waals surface area contributed by atoms with Crippen LogP contribution in [-0.4, -0.2) is 52.1 Å². The van der Waals surface area contributed by atoms with E-state index in [0.29, 0.717) is 25.9 Å². The van der Waals surface area contributed by atoms with Crippen LogP contribution in [0.5, 0.6) is 0 Å². The summed E-state index contributed by atoms with van der Waals surface area (Å²) in [6.45, 7) is 7.00. The molecule has 5 heteroatoms. The van der Waals surface area contributed by atoms with Gasteiger partial charge in [0.05, 0.1) is 5.41 Å². The number of likely N-dealkylation sites (tertiary alicyclic amines) is 2. The van der Waals surface area contributed by atoms with Crippen molar-refractivity contribution in [1.82, 2.24) is 9.80 Å². The molecule has 3 unspecified atom stereocenters. The fourth-order valence-corrected chi connectivity index (χ4v) is 3.61. The molecule has 2 rings (SSSR count). The van der Waals surface area contributed by atoms with Crippen LogP contribution in [0.2, 0.25) is 0 Å². The van der Waals surface area contributed by atoms with Crippen LogP contribution < -0.4 is 0 Å². The Morgan fingerprint density at radius 3 is 2.30 bits per heavy atom. The fourth-order valence-electron chi connectivity index (χ4n) is 3.61. The number of nitrogens with zero attached hydrogens (tertiary/aromatic N) is 2. The number of carbonyl (C=O) groups is 2. The van der Waals surface area contributed by atoms with Crippen LogP contribution in [0.1, 0.15) is 52.9 Å². The summed E-state index contributed by atoms with van der Waals surface area (Å²) < 4.78 is 0. The highest BCUT2D eigenvalue weighted by molar-refractivity contribution is 5.80. The van der Waals surface area contributed by atoms with Gasteiger partial charge in [0.1, 0.15) is 0 Å². The zero-order valence-electron chi connectivity index (χ0n) is 12.8. The molecular formula is C15H26N2O3. The van der Waals surface area contributed by atoms with Crippen molar-refractivity contribution in [1.29, 1.82) is 0 Å². The Hall–Kier alpha value is -1.26. The number of carboxylic acid groups (broad SMARTS) is 1. The molecule has 5 nitrogen and oxygen atoms in total. The summed E-state index contributed by atoms with van der Waals surface area (Å²) in [7, 11) is 0. The molecule has 3 atom stereocenters. The van der Waals surface area contributed by atoms with E-state index in [2.05, 4.69) is 13.8 Å². The van der Waals surface area contributed by atoms with Gasteiger partial charge in [0.2, 0.25) is 0 Å². The van der Waals surface area contributed by atoms with Crippen molar-refractivity contribution in [2.45, 2.75) is 65.0 Å². The van der Waals surface area contributed by atoms with Crippen LogP contribution in [-0.2, 0) is 4.79 Å². The summed E-state index contributed by atoms with van der Waals surface area (Å²) in [6.07, 6.45) is 4.40. The van der Waals surface area contributed by atoms with Crippen molar-refractivity contribution in [3.8, 4) is 0 Å². The number of piperidine rings is 1. The Morgan fingerprint density at radius 1 is 1.25 bits per heavy atom. The number of amides is 2. The van der Waals surface area contributed by atoms with Crippen molar-refractivity contribution in [3.63, 3.8) is 0 Å². The maximum Gasteiger partial charge on any atom is 0.320 e. The van der Waals surface area contributed by atoms with Crippen molar-refractivity contribution in [2.75, 3.05) is 13.1 Å². The Bertz CT molecular complexity index is 389. The Kier molecular flexibility index (Phi) is 4.25. The van der Waals surface area contributed by atoms with E-state index in [9.17, 15) is 14.7 Å². The summed E-state index contributed by atoms with van der Waals surface area (Å²) in [4.78, 5) is 27.9. The molecular weight excluding hydrogens is 256 g/mol. The van der Waals surface area contributed by atoms with Crippen molar-refractivity contribution < 1.29 is 14.7 Å². The molecule has 2 heterocycles. The monoisotopic (exact) mass is 282 g/mol. The second kappa shape index (κ2) is 5.62. The molecule has 0 aliphatic carbocycles. The lowest BCUT2D eigenvalue weighted by Crippen LogP contribution is -2.53. The highest BCUT2D eigenvalue weighted by Crippen LogP contribution is 2.35. The molecule has 0 radical (unpaired) electrons. The van der Waals surface area contributed by atoms with Crippen molar-refractivity contribution in [3.05, 3.63) is 0 Å². The van der Waals surface area contributed by atoms with E-state index in [4.69, 9.17) is 0 Å². The van der Waals surface area contributed by atoms with E-state index in [-0.39, 0.29) is 18.1 Å². The first-order chi connectivity index (χ1) is 9.41. The topological polar surface area (TPSA) is 60.9 Å². The van der Waals surface area contributed by atoms with Gasteiger partial charge in [-0.05, 0) is 46.0 Å². The molecule has 2 aliphatic heterocycles. The summed E-state index contributed by atoms with van der Waals surface area (Å²) in [6, 6.07) is 0.543. The first kappa shape index (κ1) is 15.1. The van der Waals surface area contributed by atoms with E-state index in [1.165, 1.54) is 6.42 Å². The third-order valence-corrected chi connectivity index (χ3v) is 5.17. The maximum atomic E-state index is 12.7. The first-order valence-corrected chi connectivity index (χ1v) is 7.72. The standard InChI is InChI=1S/C15H26N2O3/c1-4-15(13(18)19)8-9-16(10-15)14(20)17-11(2)6-5-7-12(17)3/h11-12H,4-10H2,1-3H3,(H,18,19). The molecule has 0 aromatic heterocycles. The Labute approximate surface area is 120 Å². The first-order valence-electron chi connectivity index (χ1n) is 7.72. The molecule has 2 saturated heterocycles. The van der Waals surface area contributed by atoms with Crippen LogP contribution >= 0.6 is 0 Å². The lowest BCUT2D eigenvalue weighted by molar-refractivity contribution is -0.148. The number of hydrogen-bond acceptors (Lipinski definition) is 2. The molecule has 20 heavy (non-hydrogen) atoms. The second-order valence-electron chi connectivity index (χ2n) is 6.43. The average Bonchev–Trinajstić information content (AvgIpc) is 2.84. The van der Waals surface area contributed by atoms with Crippen molar-refractivity contribution in [2.24, 2.45) is 5.41 Å². The number of aliphatic carboxylic acids is 1. The van der Waals surface area contributed by atoms with Gasteiger partial charge in [-0.25, -0.2) is 4.79 Å². The molecule has 2 amide bonds. The minimum atomic E-state index is -0.768. The Morgan fingerprint density at radius 2 is 1.85 bits per heavy atom. The van der Waals surface area contributed by atoms with Gasteiger partial charge in [-0.2, -0.15) is 0 Å². The molecule has 0 spiro atoms. The van der Waals surface area contributed by atoms with Gasteiger partial charge in [-0.3, -0.25) is 4.79 Å². The molecule has 0 aromatic rings. The largest absolute Gasteiger partial charge is 0.481 e. The normalized spacial score (nSPS) is 34.4. The van der Waals surface area contributed by atoms with Gasteiger partial charge in [-0.1, -0.05) is 6.92 Å². The fraction of sp³-hybridized carbons (Fsp3) is 0.867. The van der Waals surface area contributed by atoms with E-state index in [1.54, 1.807) is 4.90 Å². The third-order valence-electron chi connectivity index (χ3n) is 5.17. The predicted octanol–water partition coefficient (Wildman–Crippen LogP) is 2.56. The second-order valence-corrected chi connectivity index (χ2v) is 6.43. The summed E-state index contributed by atoms with van der Waals surface area (Å²) >= 11 is 0. The van der Waals surface area contributed by atoms with E-state index < -0.39 is 11.4 Å². The molecule has 0 aromatic carbocycles. The minimum absolute atomic E-state index is 0.0290. The number of rotatable bonds is 2. The molecule has 1 N–H and O–H groups in total. The molecule has 0 bridgehead atoms. The molecule has 114 valence electrons. The summed E-state index contributed by atoms with van der Waals surface area (Å²) in [5, 5.41) is 9.43. The van der Waals surface area contributed by atoms with Gasteiger partial charge in [0, 0.05) is 25.2 Å². The van der Waals surface area contributed by atoms with Crippen LogP contribution in [0.25, 0.3) is 0 Å². The van der Waals surface area contributed by atoms with Gasteiger partial charge >= 0.3 is 12.0 Å². The molecule has 2 aliphatic rings. The number of carboxylic acids is 1. The quantitative estimate of drug-likeness (QED) is 0.846. The predicted molar refractivity (Wildman–Crippen MR) is 76.6 cm³/mol. The highest BCUT2D eigenvalue weighted by atomic mass is 16.4. The van der Waals surface area contributed by atoms with Crippen LogP contribution in [0.3, 0.4) is 0 Å². The van der Waals surface area contributed by atoms with E-state index in [0.717, 1.165) is 12.8 Å². The summed E-state index contributed by atoms with van der Waals surface area (Å²) in [5.74, 6) is -0.768. The minimum Gasteiger partial charge on any atom is -0.481 e. The van der Waals surface area contributed by atoms with Crippen LogP contribution in [0, 0.1) is 5.41 Å². The Balaban J connectivity index is 2.09. The highest BCUT2D eigenvalue weighted by Gasteiger charge is 2.46. The average molecular weight is 282 g/mol. The molecule has 0 saturated carbocycles. The zero-order chi connectivity index (χ0) is 14.9. The SMILES string of the molecule is CCC1(C(=O)O)CCN(C(=O)N2C(C)CCCC2C)C1.